The summed E-state index contributed by atoms with van der Waals surface area (Å²) in [6, 6.07) is 16.1. The molecule has 1 fully saturated rings. The van der Waals surface area contributed by atoms with Crippen LogP contribution in [-0.4, -0.2) is 12.6 Å². The smallest absolute Gasteiger partial charge is 0.164 e. The lowest BCUT2D eigenvalue weighted by atomic mass is 10.0. The van der Waals surface area contributed by atoms with E-state index in [0.717, 1.165) is 41.9 Å². The maximum atomic E-state index is 6.25. The lowest BCUT2D eigenvalue weighted by Crippen LogP contribution is -2.24. The van der Waals surface area contributed by atoms with E-state index < -0.39 is 0 Å². The normalized spacial score (nSPS) is 15.5. The van der Waals surface area contributed by atoms with Crippen molar-refractivity contribution in [2.24, 2.45) is 5.73 Å². The third-order valence-electron chi connectivity index (χ3n) is 3.94. The molecule has 1 aliphatic rings. The molecule has 0 atom stereocenters. The van der Waals surface area contributed by atoms with Gasteiger partial charge in [0.05, 0.1) is 7.11 Å². The minimum Gasteiger partial charge on any atom is -0.493 e. The lowest BCUT2D eigenvalue weighted by molar-refractivity contribution is 0.280. The zero-order valence-electron chi connectivity index (χ0n) is 12.3. The first-order chi connectivity index (χ1) is 10.2. The van der Waals surface area contributed by atoms with E-state index in [0.29, 0.717) is 6.61 Å². The fourth-order valence-electron chi connectivity index (χ4n) is 2.47. The van der Waals surface area contributed by atoms with E-state index in [9.17, 15) is 0 Å². The fourth-order valence-corrected chi connectivity index (χ4v) is 2.47. The Kier molecular flexibility index (Phi) is 3.84. The minimum absolute atomic E-state index is 0.0444. The maximum absolute atomic E-state index is 6.25. The van der Waals surface area contributed by atoms with Crippen LogP contribution >= 0.6 is 0 Å². The van der Waals surface area contributed by atoms with Gasteiger partial charge in [0, 0.05) is 5.54 Å². The molecule has 1 aliphatic carbocycles. The molecule has 0 radical (unpaired) electrons. The van der Waals surface area contributed by atoms with Gasteiger partial charge in [0.25, 0.3) is 0 Å². The summed E-state index contributed by atoms with van der Waals surface area (Å²) in [5.41, 5.74) is 8.48. The summed E-state index contributed by atoms with van der Waals surface area (Å²) < 4.78 is 11.5. The van der Waals surface area contributed by atoms with Crippen LogP contribution in [0, 0.1) is 0 Å². The predicted molar refractivity (Wildman–Crippen MR) is 83.6 cm³/mol. The van der Waals surface area contributed by atoms with Gasteiger partial charge in [-0.3, -0.25) is 0 Å². The van der Waals surface area contributed by atoms with Crippen LogP contribution in [0.25, 0.3) is 0 Å². The lowest BCUT2D eigenvalue weighted by Gasteiger charge is -2.17. The molecule has 0 bridgehead atoms. The average Bonchev–Trinajstić information content (AvgIpc) is 3.24. The van der Waals surface area contributed by atoms with E-state index >= 15 is 0 Å². The Morgan fingerprint density at radius 2 is 1.81 bits per heavy atom. The highest BCUT2D eigenvalue weighted by atomic mass is 16.5. The molecule has 0 heterocycles. The van der Waals surface area contributed by atoms with Crippen LogP contribution in [0.3, 0.4) is 0 Å². The number of nitrogens with two attached hydrogens (primary N) is 1. The van der Waals surface area contributed by atoms with Crippen molar-refractivity contribution in [1.82, 2.24) is 0 Å². The summed E-state index contributed by atoms with van der Waals surface area (Å²) in [5, 5.41) is 0. The molecule has 0 spiro atoms. The quantitative estimate of drug-likeness (QED) is 0.884. The van der Waals surface area contributed by atoms with Gasteiger partial charge in [-0.05, 0) is 36.5 Å². The van der Waals surface area contributed by atoms with Crippen LogP contribution in [0.2, 0.25) is 0 Å². The first kappa shape index (κ1) is 14.0. The Bertz CT molecular complexity index is 606. The van der Waals surface area contributed by atoms with Crippen molar-refractivity contribution in [3.05, 3.63) is 59.7 Å². The molecule has 21 heavy (non-hydrogen) atoms. The minimum atomic E-state index is -0.0444. The van der Waals surface area contributed by atoms with Crippen molar-refractivity contribution >= 4 is 0 Å². The topological polar surface area (TPSA) is 44.5 Å². The number of hydrogen-bond donors (Lipinski definition) is 1. The molecule has 2 aromatic carbocycles. The molecule has 0 unspecified atom stereocenters. The van der Waals surface area contributed by atoms with Gasteiger partial charge in [0.2, 0.25) is 0 Å². The van der Waals surface area contributed by atoms with E-state index in [1.54, 1.807) is 7.11 Å². The van der Waals surface area contributed by atoms with E-state index in [1.807, 2.05) is 30.3 Å². The standard InChI is InChI=1S/C18H21NO2/c1-20-16-9-5-8-15(12-18(19)10-11-18)17(16)21-13-14-6-3-2-4-7-14/h2-9H,10-13,19H2,1H3. The van der Waals surface area contributed by atoms with Gasteiger partial charge in [0.15, 0.2) is 11.5 Å². The zero-order valence-corrected chi connectivity index (χ0v) is 12.3. The van der Waals surface area contributed by atoms with Crippen molar-refractivity contribution in [2.75, 3.05) is 7.11 Å². The van der Waals surface area contributed by atoms with Crippen LogP contribution in [0.1, 0.15) is 24.0 Å². The molecule has 2 N–H and O–H groups in total. The molecule has 0 amide bonds. The molecule has 3 heteroatoms. The summed E-state index contributed by atoms with van der Waals surface area (Å²) in [6.07, 6.45) is 3.01. The molecule has 2 aromatic rings. The number of ether oxygens (including phenoxy) is 2. The third kappa shape index (κ3) is 3.37. The predicted octanol–water partition coefficient (Wildman–Crippen LogP) is 3.31. The van der Waals surface area contributed by atoms with E-state index in [4.69, 9.17) is 15.2 Å². The third-order valence-corrected chi connectivity index (χ3v) is 3.94. The summed E-state index contributed by atoms with van der Waals surface area (Å²) >= 11 is 0. The van der Waals surface area contributed by atoms with Gasteiger partial charge in [0.1, 0.15) is 6.61 Å². The fraction of sp³-hybridized carbons (Fsp3) is 0.333. The van der Waals surface area contributed by atoms with E-state index in [1.165, 1.54) is 0 Å². The Hall–Kier alpha value is -2.00. The Balaban J connectivity index is 1.81. The number of rotatable bonds is 6. The highest BCUT2D eigenvalue weighted by Gasteiger charge is 2.39. The summed E-state index contributed by atoms with van der Waals surface area (Å²) in [4.78, 5) is 0. The zero-order chi connectivity index (χ0) is 14.7. The van der Waals surface area contributed by atoms with Gasteiger partial charge in [-0.25, -0.2) is 0 Å². The van der Waals surface area contributed by atoms with Crippen LogP contribution in [0.5, 0.6) is 11.5 Å². The summed E-state index contributed by atoms with van der Waals surface area (Å²) in [7, 11) is 1.67. The van der Waals surface area contributed by atoms with Crippen molar-refractivity contribution in [2.45, 2.75) is 31.4 Å². The number of hydrogen-bond acceptors (Lipinski definition) is 3. The van der Waals surface area contributed by atoms with E-state index in [-0.39, 0.29) is 5.54 Å². The number of methoxy groups -OCH3 is 1. The highest BCUT2D eigenvalue weighted by molar-refractivity contribution is 5.48. The van der Waals surface area contributed by atoms with Crippen LogP contribution < -0.4 is 15.2 Å². The Labute approximate surface area is 125 Å². The first-order valence-corrected chi connectivity index (χ1v) is 7.32. The van der Waals surface area contributed by atoms with Crippen molar-refractivity contribution < 1.29 is 9.47 Å². The number of para-hydroxylation sites is 1. The molecule has 3 rings (SSSR count). The molecular formula is C18H21NO2. The van der Waals surface area contributed by atoms with Crippen molar-refractivity contribution in [1.29, 1.82) is 0 Å². The van der Waals surface area contributed by atoms with Crippen LogP contribution in [-0.2, 0) is 13.0 Å². The van der Waals surface area contributed by atoms with Gasteiger partial charge in [-0.2, -0.15) is 0 Å². The molecule has 1 saturated carbocycles. The van der Waals surface area contributed by atoms with Gasteiger partial charge < -0.3 is 15.2 Å². The van der Waals surface area contributed by atoms with Gasteiger partial charge >= 0.3 is 0 Å². The van der Waals surface area contributed by atoms with Gasteiger partial charge in [-0.1, -0.05) is 42.5 Å². The first-order valence-electron chi connectivity index (χ1n) is 7.32. The second-order valence-corrected chi connectivity index (χ2v) is 5.76. The molecule has 0 aromatic heterocycles. The molecule has 3 nitrogen and oxygen atoms in total. The molecule has 110 valence electrons. The average molecular weight is 283 g/mol. The van der Waals surface area contributed by atoms with Crippen molar-refractivity contribution in [3.63, 3.8) is 0 Å². The second-order valence-electron chi connectivity index (χ2n) is 5.76. The highest BCUT2D eigenvalue weighted by Crippen LogP contribution is 2.40. The Morgan fingerprint density at radius 1 is 1.05 bits per heavy atom. The van der Waals surface area contributed by atoms with Gasteiger partial charge in [-0.15, -0.1) is 0 Å². The molecule has 0 saturated heterocycles. The molecular weight excluding hydrogens is 262 g/mol. The maximum Gasteiger partial charge on any atom is 0.164 e. The van der Waals surface area contributed by atoms with Crippen LogP contribution in [0.15, 0.2) is 48.5 Å². The number of benzene rings is 2. The van der Waals surface area contributed by atoms with Crippen molar-refractivity contribution in [3.8, 4) is 11.5 Å². The van der Waals surface area contributed by atoms with E-state index in [2.05, 4.69) is 18.2 Å². The monoisotopic (exact) mass is 283 g/mol. The largest absolute Gasteiger partial charge is 0.493 e. The summed E-state index contributed by atoms with van der Waals surface area (Å²) in [6.45, 7) is 0.534. The summed E-state index contributed by atoms with van der Waals surface area (Å²) in [5.74, 6) is 1.59. The van der Waals surface area contributed by atoms with Crippen LogP contribution in [0.4, 0.5) is 0 Å². The molecule has 0 aliphatic heterocycles. The Morgan fingerprint density at radius 3 is 2.48 bits per heavy atom. The SMILES string of the molecule is COc1cccc(CC2(N)CC2)c1OCc1ccccc1. The second kappa shape index (κ2) is 5.78.